The molecular weight excluding hydrogens is 326 g/mol. The zero-order chi connectivity index (χ0) is 17.7. The molecule has 2 rings (SSSR count). The molecule has 128 valence electrons. The number of aliphatic carboxylic acids is 1. The van der Waals surface area contributed by atoms with E-state index in [9.17, 15) is 9.59 Å². The minimum atomic E-state index is -0.973. The van der Waals surface area contributed by atoms with Crippen LogP contribution in [0, 0.1) is 6.92 Å². The molecule has 5 nitrogen and oxygen atoms in total. The zero-order valence-electron chi connectivity index (χ0n) is 14.0. The van der Waals surface area contributed by atoms with E-state index in [-0.39, 0.29) is 12.2 Å². The lowest BCUT2D eigenvalue weighted by molar-refractivity contribution is -0.137. The summed E-state index contributed by atoms with van der Waals surface area (Å²) in [6.45, 7) is 3.84. The number of carboxylic acid groups (broad SMARTS) is 1. The number of rotatable bonds is 7. The van der Waals surface area contributed by atoms with Crippen molar-refractivity contribution in [1.82, 2.24) is 5.32 Å². The van der Waals surface area contributed by atoms with E-state index in [0.717, 1.165) is 21.8 Å². The van der Waals surface area contributed by atoms with Crippen LogP contribution in [0.25, 0.3) is 0 Å². The minimum absolute atomic E-state index is 0.190. The molecule has 2 N–H and O–H groups in total. The highest BCUT2D eigenvalue weighted by Gasteiger charge is 2.21. The number of carbonyl (C=O) groups excluding carboxylic acids is 1. The third-order valence-electron chi connectivity index (χ3n) is 3.77. The molecule has 1 aromatic heterocycles. The molecule has 0 aliphatic heterocycles. The molecule has 1 atom stereocenters. The van der Waals surface area contributed by atoms with Crippen molar-refractivity contribution in [3.63, 3.8) is 0 Å². The van der Waals surface area contributed by atoms with Gasteiger partial charge in [0, 0.05) is 11.3 Å². The first-order valence-electron chi connectivity index (χ1n) is 7.70. The Morgan fingerprint density at radius 1 is 1.29 bits per heavy atom. The van der Waals surface area contributed by atoms with Gasteiger partial charge in [-0.05, 0) is 42.5 Å². The van der Waals surface area contributed by atoms with E-state index in [1.54, 1.807) is 17.8 Å². The molecule has 6 heteroatoms. The second-order valence-electron chi connectivity index (χ2n) is 5.47. The maximum absolute atomic E-state index is 12.4. The topological polar surface area (TPSA) is 79.5 Å². The lowest BCUT2D eigenvalue weighted by Crippen LogP contribution is -2.30. The summed E-state index contributed by atoms with van der Waals surface area (Å²) < 4.78 is 5.54. The van der Waals surface area contributed by atoms with Gasteiger partial charge < -0.3 is 14.8 Å². The first-order chi connectivity index (χ1) is 11.4. The third-order valence-corrected chi connectivity index (χ3v) is 4.51. The van der Waals surface area contributed by atoms with Crippen LogP contribution >= 0.6 is 11.8 Å². The number of aryl methyl sites for hydroxylation is 2. The van der Waals surface area contributed by atoms with Crippen molar-refractivity contribution in [3.05, 3.63) is 53.0 Å². The van der Waals surface area contributed by atoms with E-state index in [2.05, 4.69) is 5.32 Å². The van der Waals surface area contributed by atoms with Gasteiger partial charge in [-0.1, -0.05) is 19.1 Å². The summed E-state index contributed by atoms with van der Waals surface area (Å²) in [4.78, 5) is 24.6. The summed E-state index contributed by atoms with van der Waals surface area (Å²) in [7, 11) is 0. The summed E-state index contributed by atoms with van der Waals surface area (Å²) in [6.07, 6.45) is 2.48. The summed E-state index contributed by atoms with van der Waals surface area (Å²) in [5, 5.41) is 11.9. The number of benzene rings is 1. The molecule has 1 aromatic carbocycles. The maximum Gasteiger partial charge on any atom is 0.305 e. The first kappa shape index (κ1) is 18.1. The predicted octanol–water partition coefficient (Wildman–Crippen LogP) is 3.82. The Morgan fingerprint density at radius 2 is 1.96 bits per heavy atom. The van der Waals surface area contributed by atoms with Gasteiger partial charge in [-0.15, -0.1) is 11.8 Å². The summed E-state index contributed by atoms with van der Waals surface area (Å²) >= 11 is 1.60. The van der Waals surface area contributed by atoms with Crippen molar-refractivity contribution >= 4 is 23.6 Å². The van der Waals surface area contributed by atoms with Crippen LogP contribution < -0.4 is 5.32 Å². The number of hydrogen-bond donors (Lipinski definition) is 2. The van der Waals surface area contributed by atoms with E-state index in [1.807, 2.05) is 44.4 Å². The molecule has 0 aliphatic rings. The van der Waals surface area contributed by atoms with Gasteiger partial charge in [0.2, 0.25) is 0 Å². The number of furan rings is 1. The van der Waals surface area contributed by atoms with Crippen LogP contribution in [-0.4, -0.2) is 23.2 Å². The Balaban J connectivity index is 2.20. The minimum Gasteiger partial charge on any atom is -0.481 e. The number of carboxylic acids is 1. The molecule has 0 saturated carbocycles. The fourth-order valence-corrected chi connectivity index (χ4v) is 2.88. The highest BCUT2D eigenvalue weighted by Crippen LogP contribution is 2.23. The molecule has 0 radical (unpaired) electrons. The molecule has 1 unspecified atom stereocenters. The van der Waals surface area contributed by atoms with Crippen LogP contribution in [0.3, 0.4) is 0 Å². The summed E-state index contributed by atoms with van der Waals surface area (Å²) in [6, 6.07) is 8.57. The predicted molar refractivity (Wildman–Crippen MR) is 93.5 cm³/mol. The summed E-state index contributed by atoms with van der Waals surface area (Å²) in [5.41, 5.74) is 1.67. The van der Waals surface area contributed by atoms with Crippen molar-refractivity contribution < 1.29 is 19.1 Å². The van der Waals surface area contributed by atoms with Crippen LogP contribution in [0.2, 0.25) is 0 Å². The number of amides is 1. The quantitative estimate of drug-likeness (QED) is 0.744. The fourth-order valence-electron chi connectivity index (χ4n) is 2.48. The molecule has 1 heterocycles. The highest BCUT2D eigenvalue weighted by atomic mass is 32.2. The number of carbonyl (C=O) groups is 2. The van der Waals surface area contributed by atoms with Crippen molar-refractivity contribution in [2.45, 2.75) is 37.6 Å². The normalized spacial score (nSPS) is 12.0. The molecule has 0 aliphatic carbocycles. The Morgan fingerprint density at radius 3 is 2.46 bits per heavy atom. The Bertz CT molecular complexity index is 721. The fraction of sp³-hybridized carbons (Fsp3) is 0.333. The van der Waals surface area contributed by atoms with Crippen molar-refractivity contribution in [2.75, 3.05) is 6.26 Å². The average Bonchev–Trinajstić information content (AvgIpc) is 2.95. The van der Waals surface area contributed by atoms with Gasteiger partial charge in [-0.2, -0.15) is 0 Å². The largest absolute Gasteiger partial charge is 0.481 e. The van der Waals surface area contributed by atoms with Gasteiger partial charge in [0.05, 0.1) is 12.5 Å². The molecule has 0 saturated heterocycles. The van der Waals surface area contributed by atoms with Crippen molar-refractivity contribution in [3.8, 4) is 0 Å². The van der Waals surface area contributed by atoms with Gasteiger partial charge in [-0.25, -0.2) is 0 Å². The molecule has 0 fully saturated rings. The molecule has 2 aromatic rings. The molecule has 0 spiro atoms. The first-order valence-corrected chi connectivity index (χ1v) is 8.93. The third kappa shape index (κ3) is 4.41. The summed E-state index contributed by atoms with van der Waals surface area (Å²) in [5.74, 6) is -0.406. The van der Waals surface area contributed by atoms with Crippen LogP contribution in [0.4, 0.5) is 0 Å². The van der Waals surface area contributed by atoms with Gasteiger partial charge in [0.25, 0.3) is 5.91 Å². The lowest BCUT2D eigenvalue weighted by atomic mass is 10.0. The van der Waals surface area contributed by atoms with Gasteiger partial charge >= 0.3 is 5.97 Å². The molecule has 0 bridgehead atoms. The van der Waals surface area contributed by atoms with Gasteiger partial charge in [-0.3, -0.25) is 9.59 Å². The smallest absolute Gasteiger partial charge is 0.305 e. The maximum atomic E-state index is 12.4. The Labute approximate surface area is 145 Å². The molecule has 1 amide bonds. The van der Waals surface area contributed by atoms with E-state index >= 15 is 0 Å². The van der Waals surface area contributed by atoms with Gasteiger partial charge in [0.1, 0.15) is 5.76 Å². The highest BCUT2D eigenvalue weighted by molar-refractivity contribution is 7.98. The van der Waals surface area contributed by atoms with E-state index in [4.69, 9.17) is 9.52 Å². The lowest BCUT2D eigenvalue weighted by Gasteiger charge is -2.17. The Hall–Kier alpha value is -2.21. The van der Waals surface area contributed by atoms with Gasteiger partial charge in [0.15, 0.2) is 5.76 Å². The van der Waals surface area contributed by atoms with Crippen molar-refractivity contribution in [1.29, 1.82) is 0 Å². The molecule has 24 heavy (non-hydrogen) atoms. The zero-order valence-corrected chi connectivity index (χ0v) is 14.8. The second-order valence-corrected chi connectivity index (χ2v) is 6.35. The van der Waals surface area contributed by atoms with E-state index in [1.165, 1.54) is 0 Å². The van der Waals surface area contributed by atoms with Crippen molar-refractivity contribution in [2.24, 2.45) is 0 Å². The van der Waals surface area contributed by atoms with E-state index < -0.39 is 17.9 Å². The molecular formula is C18H21NO4S. The number of hydrogen-bond acceptors (Lipinski definition) is 4. The van der Waals surface area contributed by atoms with Crippen LogP contribution in [0.15, 0.2) is 39.6 Å². The van der Waals surface area contributed by atoms with Crippen LogP contribution in [-0.2, 0) is 11.2 Å². The number of nitrogens with one attached hydrogen (secondary N) is 1. The van der Waals surface area contributed by atoms with Crippen LogP contribution in [0.1, 0.15) is 46.8 Å². The monoisotopic (exact) mass is 347 g/mol. The average molecular weight is 347 g/mol. The number of thioether (sulfide) groups is 1. The Kier molecular flexibility index (Phi) is 6.09. The second kappa shape index (κ2) is 8.06. The van der Waals surface area contributed by atoms with Crippen LogP contribution in [0.5, 0.6) is 0 Å². The SMILES string of the molecule is CCc1oc(C(=O)NC(CC(=O)O)c2ccc(SC)cc2)cc1C. The standard InChI is InChI=1S/C18H21NO4S/c1-4-15-11(2)9-16(23-15)18(22)19-14(10-17(20)21)12-5-7-13(24-3)8-6-12/h5-9,14H,4,10H2,1-3H3,(H,19,22)(H,20,21). The van der Waals surface area contributed by atoms with E-state index in [0.29, 0.717) is 6.42 Å².